The standard InChI is InChI=1S/2Eu.5O.Si/q2*+3;5*-2;+4. The molecule has 0 bridgehead atoms. The zero-order valence-electron chi connectivity index (χ0n) is 3.30. The van der Waals surface area contributed by atoms with Crippen molar-refractivity contribution in [2.45, 2.75) is 0 Å². The van der Waals surface area contributed by atoms with E-state index in [1.54, 1.807) is 0 Å². The first-order valence-corrected chi connectivity index (χ1v) is 0. The van der Waals surface area contributed by atoms with Crippen molar-refractivity contribution in [3.05, 3.63) is 0 Å². The van der Waals surface area contributed by atoms with Crippen LogP contribution in [0.5, 0.6) is 0 Å². The summed E-state index contributed by atoms with van der Waals surface area (Å²) >= 11 is 0. The van der Waals surface area contributed by atoms with Crippen molar-refractivity contribution in [3.8, 4) is 0 Å². The summed E-state index contributed by atoms with van der Waals surface area (Å²) in [6.07, 6.45) is 0. The molecule has 0 aliphatic carbocycles. The van der Waals surface area contributed by atoms with Gasteiger partial charge < -0.3 is 27.4 Å². The minimum atomic E-state index is 0. The van der Waals surface area contributed by atoms with Crippen molar-refractivity contribution in [1.29, 1.82) is 0 Å². The molecule has 0 saturated heterocycles. The molecule has 0 amide bonds. The van der Waals surface area contributed by atoms with Crippen LogP contribution in [0.25, 0.3) is 0 Å². The SMILES string of the molecule is [Eu+3].[Eu+3].[O-2].[O-2].[O-2].[O-2].[O-2].[Si+4]. The fraction of sp³-hybridized carbons (Fsp3) is 0. The molecule has 0 heterocycles. The third kappa shape index (κ3) is 60.6. The van der Waals surface area contributed by atoms with Crippen LogP contribution in [-0.2, 0) is 27.4 Å². The average molecular weight is 412 g/mol. The Kier molecular flexibility index (Phi) is 1210. The van der Waals surface area contributed by atoms with Gasteiger partial charge in [0.25, 0.3) is 0 Å². The molecule has 0 rings (SSSR count). The zero-order valence-corrected chi connectivity index (χ0v) is 9.15. The molecule has 0 aromatic rings. The maximum atomic E-state index is 0. The first-order chi connectivity index (χ1) is 0. The third-order valence-electron chi connectivity index (χ3n) is 0. The van der Waals surface area contributed by atoms with E-state index in [-0.39, 0.29) is 137 Å². The summed E-state index contributed by atoms with van der Waals surface area (Å²) in [7, 11) is 0. The Morgan fingerprint density at radius 3 is 0.375 bits per heavy atom. The van der Waals surface area contributed by atoms with E-state index in [4.69, 9.17) is 0 Å². The van der Waals surface area contributed by atoms with E-state index in [2.05, 4.69) is 0 Å². The van der Waals surface area contributed by atoms with E-state index in [1.807, 2.05) is 0 Å². The van der Waals surface area contributed by atoms with Crippen molar-refractivity contribution in [1.82, 2.24) is 0 Å². The van der Waals surface area contributed by atoms with Crippen LogP contribution in [0.1, 0.15) is 0 Å². The third-order valence-corrected chi connectivity index (χ3v) is 0. The van der Waals surface area contributed by atoms with Crippen molar-refractivity contribution >= 4 is 11.0 Å². The molecule has 8 heavy (non-hydrogen) atoms. The number of rotatable bonds is 0. The van der Waals surface area contributed by atoms with Crippen LogP contribution < -0.4 is 0 Å². The van der Waals surface area contributed by atoms with Gasteiger partial charge in [0, 0.05) is 0 Å². The summed E-state index contributed by atoms with van der Waals surface area (Å²) in [5.41, 5.74) is 0. The molecule has 0 aliphatic heterocycles. The molecule has 5 nitrogen and oxygen atoms in total. The van der Waals surface area contributed by atoms with Gasteiger partial charge in [-0.25, -0.2) is 0 Å². The molecular formula is Eu2O5Si. The number of hydrogen-bond acceptors (Lipinski definition) is 0. The van der Waals surface area contributed by atoms with Crippen LogP contribution in [-0.4, -0.2) is 11.0 Å². The summed E-state index contributed by atoms with van der Waals surface area (Å²) in [5, 5.41) is 0. The smallest absolute Gasteiger partial charge is 2.00 e. The molecule has 0 aromatic carbocycles. The second-order valence-electron chi connectivity index (χ2n) is 0. The Morgan fingerprint density at radius 2 is 0.375 bits per heavy atom. The van der Waals surface area contributed by atoms with Gasteiger partial charge >= 0.3 is 110 Å². The normalized spacial score (nSPS) is 0. The van der Waals surface area contributed by atoms with E-state index in [1.165, 1.54) is 0 Å². The predicted octanol–water partition coefficient (Wildman–Crippen LogP) is -0.975. The zero-order chi connectivity index (χ0) is 0. The van der Waals surface area contributed by atoms with Crippen LogP contribution in [0.4, 0.5) is 0 Å². The molecule has 8 heteroatoms. The van der Waals surface area contributed by atoms with Gasteiger partial charge in [-0.05, 0) is 0 Å². The summed E-state index contributed by atoms with van der Waals surface area (Å²) in [5.74, 6) is 0. The fourth-order valence-corrected chi connectivity index (χ4v) is 0. The van der Waals surface area contributed by atoms with Gasteiger partial charge in [0.2, 0.25) is 0 Å². The first kappa shape index (κ1) is 114. The Balaban J connectivity index is 0. The first-order valence-electron chi connectivity index (χ1n) is 0. The molecule has 0 fully saturated rings. The van der Waals surface area contributed by atoms with Crippen LogP contribution in [0.15, 0.2) is 0 Å². The monoisotopic (exact) mass is 414 g/mol. The average Bonchev–Trinajstić information content (AvgIpc) is 0. The molecule has 0 atom stereocenters. The Hall–Kier alpha value is 3.19. The maximum absolute atomic E-state index is 0. The van der Waals surface area contributed by atoms with Gasteiger partial charge in [-0.1, -0.05) is 0 Å². The van der Waals surface area contributed by atoms with Gasteiger partial charge in [-0.15, -0.1) is 0 Å². The molecule has 0 radical (unpaired) electrons. The van der Waals surface area contributed by atoms with E-state index in [0.29, 0.717) is 0 Å². The molecule has 48 valence electrons. The van der Waals surface area contributed by atoms with E-state index < -0.39 is 0 Å². The molecule has 0 aromatic heterocycles. The second-order valence-corrected chi connectivity index (χ2v) is 0. The van der Waals surface area contributed by atoms with E-state index in [9.17, 15) is 0 Å². The Morgan fingerprint density at radius 1 is 0.375 bits per heavy atom. The van der Waals surface area contributed by atoms with Crippen LogP contribution in [0, 0.1) is 98.8 Å². The molecule has 0 spiro atoms. The molecular weight excluding hydrogens is 412 g/mol. The van der Waals surface area contributed by atoms with Crippen LogP contribution in [0.2, 0.25) is 0 Å². The van der Waals surface area contributed by atoms with Gasteiger partial charge in [-0.2, -0.15) is 0 Å². The van der Waals surface area contributed by atoms with Gasteiger partial charge in [0.05, 0.1) is 0 Å². The van der Waals surface area contributed by atoms with Crippen LogP contribution >= 0.6 is 0 Å². The minimum absolute atomic E-state index is 0. The Labute approximate surface area is 134 Å². The number of hydrogen-bond donors (Lipinski definition) is 0. The van der Waals surface area contributed by atoms with Crippen molar-refractivity contribution in [3.63, 3.8) is 0 Å². The summed E-state index contributed by atoms with van der Waals surface area (Å²) < 4.78 is 0. The van der Waals surface area contributed by atoms with E-state index in [0.717, 1.165) is 0 Å². The summed E-state index contributed by atoms with van der Waals surface area (Å²) in [6.45, 7) is 0. The van der Waals surface area contributed by atoms with Crippen molar-refractivity contribution in [2.24, 2.45) is 0 Å². The second kappa shape index (κ2) is 84.7. The van der Waals surface area contributed by atoms with Gasteiger partial charge in [0.1, 0.15) is 0 Å². The Bertz CT molecular complexity index is 10.4. The molecule has 0 aliphatic rings. The van der Waals surface area contributed by atoms with Crippen LogP contribution in [0.3, 0.4) is 0 Å². The molecule has 0 N–H and O–H groups in total. The topological polar surface area (TPSA) is 142 Å². The fourth-order valence-electron chi connectivity index (χ4n) is 0. The van der Waals surface area contributed by atoms with Crippen molar-refractivity contribution < 1.29 is 126 Å². The maximum Gasteiger partial charge on any atom is 4.00 e. The van der Waals surface area contributed by atoms with Gasteiger partial charge in [0.15, 0.2) is 0 Å². The van der Waals surface area contributed by atoms with E-state index >= 15 is 0 Å². The quantitative estimate of drug-likeness (QED) is 0.452. The summed E-state index contributed by atoms with van der Waals surface area (Å²) in [6, 6.07) is 0. The molecule has 0 unspecified atom stereocenters. The molecule has 0 saturated carbocycles. The predicted molar refractivity (Wildman–Crippen MR) is 9.19 cm³/mol. The van der Waals surface area contributed by atoms with Gasteiger partial charge in [-0.3, -0.25) is 0 Å². The largest absolute Gasteiger partial charge is 4.00 e. The van der Waals surface area contributed by atoms with Crippen molar-refractivity contribution in [2.75, 3.05) is 0 Å². The minimum Gasteiger partial charge on any atom is -2.00 e. The summed E-state index contributed by atoms with van der Waals surface area (Å²) in [4.78, 5) is 0.